The molecule has 5 rings (SSSR count). The van der Waals surface area contributed by atoms with Gasteiger partial charge in [0.1, 0.15) is 6.04 Å². The summed E-state index contributed by atoms with van der Waals surface area (Å²) in [5.74, 6) is 0. The number of nitro benzene ring substituents is 1. The van der Waals surface area contributed by atoms with Gasteiger partial charge in [0.05, 0.1) is 16.7 Å². The zero-order valence-electron chi connectivity index (χ0n) is 19.3. The predicted octanol–water partition coefficient (Wildman–Crippen LogP) is 5.02. The maximum absolute atomic E-state index is 11.1. The largest absolute Gasteiger partial charge is 0.378 e. The average molecular weight is 485 g/mol. The zero-order valence-corrected chi connectivity index (χ0v) is 20.1. The Labute approximate surface area is 208 Å². The number of aromatic nitrogens is 2. The maximum atomic E-state index is 11.1. The summed E-state index contributed by atoms with van der Waals surface area (Å²) >= 11 is 5.83. The third-order valence-corrected chi connectivity index (χ3v) is 6.48. The van der Waals surface area contributed by atoms with Gasteiger partial charge in [0.2, 0.25) is 0 Å². The van der Waals surface area contributed by atoms with Crippen LogP contribution >= 0.6 is 12.2 Å². The van der Waals surface area contributed by atoms with E-state index in [1.807, 2.05) is 49.1 Å². The highest BCUT2D eigenvalue weighted by Gasteiger charge is 2.42. The Morgan fingerprint density at radius 2 is 1.69 bits per heavy atom. The molecule has 2 atom stereocenters. The molecule has 0 bridgehead atoms. The summed E-state index contributed by atoms with van der Waals surface area (Å²) in [6.45, 7) is 0. The smallest absolute Gasteiger partial charge is 0.269 e. The molecule has 1 saturated heterocycles. The summed E-state index contributed by atoms with van der Waals surface area (Å²) in [5.41, 5.74) is 4.81. The van der Waals surface area contributed by atoms with Crippen LogP contribution < -0.4 is 15.1 Å². The van der Waals surface area contributed by atoms with Crippen LogP contribution in [0.25, 0.3) is 5.69 Å². The van der Waals surface area contributed by atoms with Crippen molar-refractivity contribution in [3.05, 3.63) is 113 Å². The third kappa shape index (κ3) is 4.22. The zero-order chi connectivity index (χ0) is 24.5. The lowest BCUT2D eigenvalue weighted by Crippen LogP contribution is -2.30. The molecule has 1 fully saturated rings. The van der Waals surface area contributed by atoms with Gasteiger partial charge in [-0.3, -0.25) is 15.1 Å². The van der Waals surface area contributed by atoms with E-state index in [1.165, 1.54) is 12.1 Å². The number of nitrogens with zero attached hydrogens (tertiary/aromatic N) is 5. The fourth-order valence-electron chi connectivity index (χ4n) is 4.45. The van der Waals surface area contributed by atoms with E-state index in [-0.39, 0.29) is 17.8 Å². The Kier molecular flexibility index (Phi) is 5.92. The molecule has 0 spiro atoms. The van der Waals surface area contributed by atoms with Gasteiger partial charge in [-0.2, -0.15) is 0 Å². The summed E-state index contributed by atoms with van der Waals surface area (Å²) in [7, 11) is 4.02. The summed E-state index contributed by atoms with van der Waals surface area (Å²) in [4.78, 5) is 19.5. The van der Waals surface area contributed by atoms with Crippen LogP contribution in [-0.4, -0.2) is 33.7 Å². The van der Waals surface area contributed by atoms with Crippen molar-refractivity contribution >= 4 is 34.4 Å². The van der Waals surface area contributed by atoms with E-state index < -0.39 is 4.92 Å². The number of non-ortho nitro benzene ring substituents is 1. The molecule has 8 nitrogen and oxygen atoms in total. The molecule has 1 aliphatic heterocycles. The second-order valence-corrected chi connectivity index (χ2v) is 8.87. The minimum atomic E-state index is -0.393. The van der Waals surface area contributed by atoms with Crippen molar-refractivity contribution < 1.29 is 4.92 Å². The van der Waals surface area contributed by atoms with Crippen LogP contribution in [0.1, 0.15) is 23.5 Å². The Hall–Kier alpha value is -4.24. The molecular weight excluding hydrogens is 460 g/mol. The van der Waals surface area contributed by atoms with Crippen molar-refractivity contribution in [3.63, 3.8) is 0 Å². The van der Waals surface area contributed by atoms with E-state index >= 15 is 0 Å². The molecule has 176 valence electrons. The minimum absolute atomic E-state index is 0.0557. The second kappa shape index (κ2) is 9.19. The lowest BCUT2D eigenvalue weighted by molar-refractivity contribution is -0.384. The van der Waals surface area contributed by atoms with Gasteiger partial charge < -0.3 is 19.7 Å². The van der Waals surface area contributed by atoms with Crippen LogP contribution in [0.4, 0.5) is 17.1 Å². The first-order valence-corrected chi connectivity index (χ1v) is 11.5. The average Bonchev–Trinajstić information content (AvgIpc) is 3.49. The van der Waals surface area contributed by atoms with Crippen LogP contribution in [-0.2, 0) is 0 Å². The SMILES string of the molecule is CN(C)c1ccc(N2C(=S)N[C@@H](c3ccccn3)[C@H]2c2cccn2-c2ccc([N+](=O)[O-])cc2)cc1. The van der Waals surface area contributed by atoms with Crippen LogP contribution in [0.15, 0.2) is 91.3 Å². The molecule has 0 radical (unpaired) electrons. The number of benzene rings is 2. The molecule has 3 heterocycles. The van der Waals surface area contributed by atoms with Gasteiger partial charge in [-0.15, -0.1) is 0 Å². The van der Waals surface area contributed by atoms with Crippen LogP contribution in [0.5, 0.6) is 0 Å². The summed E-state index contributed by atoms with van der Waals surface area (Å²) in [5, 5.41) is 15.2. The first-order chi connectivity index (χ1) is 16.9. The fourth-order valence-corrected chi connectivity index (χ4v) is 4.80. The van der Waals surface area contributed by atoms with E-state index in [0.29, 0.717) is 5.11 Å². The van der Waals surface area contributed by atoms with Gasteiger partial charge in [-0.25, -0.2) is 0 Å². The third-order valence-electron chi connectivity index (χ3n) is 6.16. The highest BCUT2D eigenvalue weighted by molar-refractivity contribution is 7.80. The number of thiocarbonyl (C=S) groups is 1. The van der Waals surface area contributed by atoms with E-state index in [0.717, 1.165) is 28.5 Å². The number of nitro groups is 1. The molecule has 0 saturated carbocycles. The second-order valence-electron chi connectivity index (χ2n) is 8.48. The van der Waals surface area contributed by atoms with Crippen molar-refractivity contribution in [2.45, 2.75) is 12.1 Å². The van der Waals surface area contributed by atoms with Gasteiger partial charge in [0.15, 0.2) is 5.11 Å². The number of anilines is 2. The van der Waals surface area contributed by atoms with Crippen molar-refractivity contribution in [2.24, 2.45) is 0 Å². The van der Waals surface area contributed by atoms with E-state index in [4.69, 9.17) is 12.2 Å². The van der Waals surface area contributed by atoms with Gasteiger partial charge >= 0.3 is 0 Å². The topological polar surface area (TPSA) is 79.5 Å². The Balaban J connectivity index is 1.62. The Morgan fingerprint density at radius 3 is 2.31 bits per heavy atom. The quantitative estimate of drug-likeness (QED) is 0.234. The molecule has 0 amide bonds. The normalized spacial score (nSPS) is 17.3. The molecule has 2 aromatic heterocycles. The first kappa shape index (κ1) is 22.5. The lowest BCUT2D eigenvalue weighted by Gasteiger charge is -2.29. The van der Waals surface area contributed by atoms with Gasteiger partial charge in [0, 0.05) is 61.4 Å². The van der Waals surface area contributed by atoms with Crippen LogP contribution in [0.3, 0.4) is 0 Å². The Bertz CT molecular complexity index is 1350. The molecule has 4 aromatic rings. The number of nitrogens with one attached hydrogen (secondary N) is 1. The number of hydrogen-bond acceptors (Lipinski definition) is 5. The van der Waals surface area contributed by atoms with Crippen molar-refractivity contribution in [1.29, 1.82) is 0 Å². The molecule has 0 unspecified atom stereocenters. The first-order valence-electron chi connectivity index (χ1n) is 11.1. The van der Waals surface area contributed by atoms with Crippen molar-refractivity contribution in [2.75, 3.05) is 23.9 Å². The van der Waals surface area contributed by atoms with Crippen molar-refractivity contribution in [1.82, 2.24) is 14.9 Å². The van der Waals surface area contributed by atoms with Gasteiger partial charge in [-0.05, 0) is 72.9 Å². The van der Waals surface area contributed by atoms with E-state index in [1.54, 1.807) is 18.3 Å². The monoisotopic (exact) mass is 484 g/mol. The molecule has 0 aliphatic carbocycles. The molecular formula is C26H24N6O2S. The molecule has 2 aromatic carbocycles. The number of rotatable bonds is 6. The highest BCUT2D eigenvalue weighted by Crippen LogP contribution is 2.42. The molecule has 35 heavy (non-hydrogen) atoms. The summed E-state index contributed by atoms with van der Waals surface area (Å²) in [6.07, 6.45) is 3.74. The molecule has 1 N–H and O–H groups in total. The van der Waals surface area contributed by atoms with Gasteiger partial charge in [-0.1, -0.05) is 6.07 Å². The summed E-state index contributed by atoms with van der Waals surface area (Å²) < 4.78 is 2.04. The number of pyridine rings is 1. The van der Waals surface area contributed by atoms with Gasteiger partial charge in [0.25, 0.3) is 5.69 Å². The molecule has 1 aliphatic rings. The predicted molar refractivity (Wildman–Crippen MR) is 141 cm³/mol. The number of hydrogen-bond donors (Lipinski definition) is 1. The summed E-state index contributed by atoms with van der Waals surface area (Å²) in [6, 6.07) is 24.3. The highest BCUT2D eigenvalue weighted by atomic mass is 32.1. The maximum Gasteiger partial charge on any atom is 0.269 e. The van der Waals surface area contributed by atoms with Crippen molar-refractivity contribution in [3.8, 4) is 5.69 Å². The van der Waals surface area contributed by atoms with E-state index in [2.05, 4.69) is 50.4 Å². The standard InChI is InChI=1S/C26H24N6O2S/c1-29(2)18-8-12-20(13-9-18)31-25(24(28-26(31)35)22-6-3-4-16-27-22)23-7-5-17-30(23)19-10-14-21(15-11-19)32(33)34/h3-17,24-25H,1-2H3,(H,28,35)/t24-,25+/m0/s1. The van der Waals surface area contributed by atoms with Crippen LogP contribution in [0.2, 0.25) is 0 Å². The molecule has 9 heteroatoms. The lowest BCUT2D eigenvalue weighted by atomic mass is 10.0. The fraction of sp³-hybridized carbons (Fsp3) is 0.154. The van der Waals surface area contributed by atoms with E-state index in [9.17, 15) is 10.1 Å². The van der Waals surface area contributed by atoms with Crippen LogP contribution in [0, 0.1) is 10.1 Å². The minimum Gasteiger partial charge on any atom is -0.378 e. The Morgan fingerprint density at radius 1 is 0.971 bits per heavy atom.